The molecular formula is C21H23N5O6. The zero-order chi connectivity index (χ0) is 23.4. The van der Waals surface area contributed by atoms with Crippen LogP contribution in [0.15, 0.2) is 42.5 Å². The first-order valence-electron chi connectivity index (χ1n) is 9.64. The van der Waals surface area contributed by atoms with Crippen LogP contribution < -0.4 is 21.3 Å². The molecule has 2 aromatic rings. The first-order valence-corrected chi connectivity index (χ1v) is 9.64. The highest BCUT2D eigenvalue weighted by Crippen LogP contribution is 2.32. The van der Waals surface area contributed by atoms with Crippen LogP contribution in [-0.4, -0.2) is 59.1 Å². The number of aliphatic hydroxyl groups excluding tert-OH is 1. The highest BCUT2D eigenvalue weighted by molar-refractivity contribution is 6.05. The van der Waals surface area contributed by atoms with Crippen LogP contribution in [0.4, 0.5) is 17.1 Å². The maximum absolute atomic E-state index is 13.0. The van der Waals surface area contributed by atoms with Crippen LogP contribution >= 0.6 is 0 Å². The van der Waals surface area contributed by atoms with Gasteiger partial charge in [0.25, 0.3) is 11.8 Å². The van der Waals surface area contributed by atoms with Crippen LogP contribution in [0.1, 0.15) is 12.5 Å². The second kappa shape index (κ2) is 9.45. The second-order valence-electron chi connectivity index (χ2n) is 7.09. The Hall–Kier alpha value is -3.96. The number of hydrogen-bond donors (Lipinski definition) is 6. The SMILES string of the molecule is CC(=O)Nc1ccc(O)c(N2CCO[C@H]([C@@H](O)C(=O)Nc3ccc(C(=N)N)cc3)C2=O)c1. The molecule has 32 heavy (non-hydrogen) atoms. The summed E-state index contributed by atoms with van der Waals surface area (Å²) in [5.74, 6) is -2.25. The maximum Gasteiger partial charge on any atom is 0.259 e. The summed E-state index contributed by atoms with van der Waals surface area (Å²) in [6.45, 7) is 1.41. The number of rotatable bonds is 6. The molecule has 11 heteroatoms. The molecule has 3 rings (SSSR count). The lowest BCUT2D eigenvalue weighted by Gasteiger charge is -2.34. The van der Waals surface area contributed by atoms with Crippen LogP contribution in [0, 0.1) is 5.41 Å². The van der Waals surface area contributed by atoms with Crippen molar-refractivity contribution in [2.45, 2.75) is 19.1 Å². The molecule has 2 aromatic carbocycles. The van der Waals surface area contributed by atoms with Crippen molar-refractivity contribution in [1.29, 1.82) is 5.41 Å². The lowest BCUT2D eigenvalue weighted by molar-refractivity contribution is -0.150. The van der Waals surface area contributed by atoms with Gasteiger partial charge < -0.3 is 36.2 Å². The summed E-state index contributed by atoms with van der Waals surface area (Å²) in [4.78, 5) is 37.9. The summed E-state index contributed by atoms with van der Waals surface area (Å²) in [7, 11) is 0. The average molecular weight is 441 g/mol. The van der Waals surface area contributed by atoms with E-state index in [-0.39, 0.29) is 36.3 Å². The fourth-order valence-electron chi connectivity index (χ4n) is 3.18. The number of nitrogen functional groups attached to an aromatic ring is 1. The molecule has 11 nitrogen and oxygen atoms in total. The molecule has 3 amide bonds. The molecule has 0 aromatic heterocycles. The van der Waals surface area contributed by atoms with Crippen molar-refractivity contribution >= 4 is 40.6 Å². The minimum atomic E-state index is -1.82. The Labute approximate surface area is 183 Å². The first-order chi connectivity index (χ1) is 15.2. The van der Waals surface area contributed by atoms with Crippen LogP contribution in [0.25, 0.3) is 0 Å². The van der Waals surface area contributed by atoms with Gasteiger partial charge in [-0.15, -0.1) is 0 Å². The lowest BCUT2D eigenvalue weighted by Crippen LogP contribution is -2.55. The monoisotopic (exact) mass is 441 g/mol. The predicted molar refractivity (Wildman–Crippen MR) is 117 cm³/mol. The summed E-state index contributed by atoms with van der Waals surface area (Å²) < 4.78 is 5.35. The molecular weight excluding hydrogens is 418 g/mol. The van der Waals surface area contributed by atoms with Gasteiger partial charge in [0.15, 0.2) is 12.2 Å². The summed E-state index contributed by atoms with van der Waals surface area (Å²) >= 11 is 0. The van der Waals surface area contributed by atoms with Crippen LogP contribution in [0.5, 0.6) is 5.75 Å². The maximum atomic E-state index is 13.0. The Kier molecular flexibility index (Phi) is 6.71. The third-order valence-corrected chi connectivity index (χ3v) is 4.73. The Morgan fingerprint density at radius 2 is 1.84 bits per heavy atom. The van der Waals surface area contributed by atoms with Crippen LogP contribution in [-0.2, 0) is 19.1 Å². The number of nitrogens with zero attached hydrogens (tertiary/aromatic N) is 1. The summed E-state index contributed by atoms with van der Waals surface area (Å²) in [5.41, 5.74) is 6.67. The molecule has 0 spiro atoms. The van der Waals surface area contributed by atoms with Gasteiger partial charge in [0.1, 0.15) is 11.6 Å². The number of anilines is 3. The van der Waals surface area contributed by atoms with E-state index in [0.717, 1.165) is 0 Å². The molecule has 1 saturated heterocycles. The topological polar surface area (TPSA) is 178 Å². The average Bonchev–Trinajstić information content (AvgIpc) is 2.75. The lowest BCUT2D eigenvalue weighted by atomic mass is 10.1. The first kappa shape index (κ1) is 22.7. The van der Waals surface area contributed by atoms with Gasteiger partial charge in [-0.3, -0.25) is 19.8 Å². The smallest absolute Gasteiger partial charge is 0.259 e. The third kappa shape index (κ3) is 5.02. The fraction of sp³-hybridized carbons (Fsp3) is 0.238. The summed E-state index contributed by atoms with van der Waals surface area (Å²) in [6, 6.07) is 10.3. The molecule has 1 fully saturated rings. The van der Waals surface area contributed by atoms with E-state index in [2.05, 4.69) is 10.6 Å². The number of nitrogens with one attached hydrogen (secondary N) is 3. The van der Waals surface area contributed by atoms with E-state index in [1.54, 1.807) is 0 Å². The van der Waals surface area contributed by atoms with E-state index in [4.69, 9.17) is 15.9 Å². The Morgan fingerprint density at radius 1 is 1.19 bits per heavy atom. The fourth-order valence-corrected chi connectivity index (χ4v) is 3.18. The van der Waals surface area contributed by atoms with E-state index in [1.165, 1.54) is 54.3 Å². The summed E-state index contributed by atoms with van der Waals surface area (Å²) in [6.07, 6.45) is -3.32. The third-order valence-electron chi connectivity index (χ3n) is 4.73. The number of hydrogen-bond acceptors (Lipinski definition) is 7. The van der Waals surface area contributed by atoms with E-state index in [9.17, 15) is 24.6 Å². The summed E-state index contributed by atoms with van der Waals surface area (Å²) in [5, 5.41) is 33.1. The molecule has 0 aliphatic carbocycles. The number of phenols is 1. The van der Waals surface area contributed by atoms with Crippen molar-refractivity contribution in [3.8, 4) is 5.75 Å². The molecule has 168 valence electrons. The predicted octanol–water partition coefficient (Wildman–Crippen LogP) is 0.366. The number of carbonyl (C=O) groups is 3. The molecule has 0 saturated carbocycles. The zero-order valence-corrected chi connectivity index (χ0v) is 17.2. The van der Waals surface area contributed by atoms with E-state index < -0.39 is 24.0 Å². The number of amides is 3. The number of nitrogens with two attached hydrogens (primary N) is 1. The highest BCUT2D eigenvalue weighted by Gasteiger charge is 2.40. The van der Waals surface area contributed by atoms with Gasteiger partial charge in [0, 0.05) is 30.4 Å². The van der Waals surface area contributed by atoms with Gasteiger partial charge >= 0.3 is 0 Å². The Morgan fingerprint density at radius 3 is 2.47 bits per heavy atom. The molecule has 0 bridgehead atoms. The van der Waals surface area contributed by atoms with Crippen molar-refractivity contribution in [2.75, 3.05) is 28.7 Å². The van der Waals surface area contributed by atoms with Crippen molar-refractivity contribution in [3.63, 3.8) is 0 Å². The standard InChI is InChI=1S/C21H23N5O6/c1-11(27)24-14-6-7-16(28)15(10-14)26-8-9-32-18(21(26)31)17(29)20(30)25-13-4-2-12(3-5-13)19(22)23/h2-7,10,17-18,28-29H,8-9H2,1H3,(H3,22,23)(H,24,27)(H,25,30)/t17-,18-/m1/s1. The number of amidine groups is 1. The molecule has 2 atom stereocenters. The van der Waals surface area contributed by atoms with Crippen LogP contribution in [0.3, 0.4) is 0 Å². The molecule has 0 radical (unpaired) electrons. The number of aliphatic hydroxyl groups is 1. The van der Waals surface area contributed by atoms with Gasteiger partial charge in [-0.25, -0.2) is 0 Å². The van der Waals surface area contributed by atoms with Crippen molar-refractivity contribution in [1.82, 2.24) is 0 Å². The molecule has 1 aliphatic heterocycles. The van der Waals surface area contributed by atoms with Crippen molar-refractivity contribution in [3.05, 3.63) is 48.0 Å². The van der Waals surface area contributed by atoms with Gasteiger partial charge in [-0.2, -0.15) is 0 Å². The Balaban J connectivity index is 1.74. The van der Waals surface area contributed by atoms with Gasteiger partial charge in [-0.1, -0.05) is 0 Å². The van der Waals surface area contributed by atoms with Gasteiger partial charge in [0.05, 0.1) is 12.3 Å². The molecule has 1 aliphatic rings. The van der Waals surface area contributed by atoms with E-state index in [0.29, 0.717) is 16.9 Å². The van der Waals surface area contributed by atoms with Crippen LogP contribution in [0.2, 0.25) is 0 Å². The highest BCUT2D eigenvalue weighted by atomic mass is 16.5. The van der Waals surface area contributed by atoms with Gasteiger partial charge in [0.2, 0.25) is 5.91 Å². The van der Waals surface area contributed by atoms with Crippen molar-refractivity contribution < 1.29 is 29.3 Å². The number of ether oxygens (including phenoxy) is 1. The number of carbonyl (C=O) groups excluding carboxylic acids is 3. The largest absolute Gasteiger partial charge is 0.506 e. The number of benzene rings is 2. The zero-order valence-electron chi connectivity index (χ0n) is 17.2. The number of morpholine rings is 1. The minimum absolute atomic E-state index is 0.0118. The second-order valence-corrected chi connectivity index (χ2v) is 7.09. The van der Waals surface area contributed by atoms with Crippen molar-refractivity contribution in [2.24, 2.45) is 5.73 Å². The van der Waals surface area contributed by atoms with Gasteiger partial charge in [-0.05, 0) is 42.5 Å². The number of aromatic hydroxyl groups is 1. The quantitative estimate of drug-likeness (QED) is 0.213. The molecule has 7 N–H and O–H groups in total. The number of phenolic OH excluding ortho intramolecular Hbond substituents is 1. The minimum Gasteiger partial charge on any atom is -0.506 e. The van der Waals surface area contributed by atoms with E-state index in [1.807, 2.05) is 0 Å². The van der Waals surface area contributed by atoms with E-state index >= 15 is 0 Å². The Bertz CT molecular complexity index is 1060. The molecule has 0 unspecified atom stereocenters. The molecule has 1 heterocycles. The normalized spacial score (nSPS) is 16.9.